The Balaban J connectivity index is 1.75. The second-order valence-corrected chi connectivity index (χ2v) is 6.14. The third kappa shape index (κ3) is 2.99. The summed E-state index contributed by atoms with van der Waals surface area (Å²) in [4.78, 5) is 2.68. The highest BCUT2D eigenvalue weighted by molar-refractivity contribution is 5.35. The van der Waals surface area contributed by atoms with E-state index >= 15 is 0 Å². The number of hydrogen-bond acceptors (Lipinski definition) is 3. The average Bonchev–Trinajstić information content (AvgIpc) is 3.20. The molecule has 1 aromatic rings. The van der Waals surface area contributed by atoms with Crippen molar-refractivity contribution < 1.29 is 4.74 Å². The van der Waals surface area contributed by atoms with E-state index in [0.29, 0.717) is 12.1 Å². The standard InChI is InChI=1S/C17H26N2O/c1-13(16-7-3-4-8-17(16)20-2)19(15-9-10-15)12-14-6-5-11-18-14/h3-4,7-8,13-15,18H,5-6,9-12H2,1-2H3. The van der Waals surface area contributed by atoms with Gasteiger partial charge in [-0.25, -0.2) is 0 Å². The third-order valence-corrected chi connectivity index (χ3v) is 4.70. The molecule has 2 unspecified atom stereocenters. The Hall–Kier alpha value is -1.06. The Labute approximate surface area is 122 Å². The second-order valence-electron chi connectivity index (χ2n) is 6.14. The van der Waals surface area contributed by atoms with E-state index in [4.69, 9.17) is 4.74 Å². The maximum absolute atomic E-state index is 5.54. The van der Waals surface area contributed by atoms with Crippen molar-refractivity contribution in [3.63, 3.8) is 0 Å². The molecule has 3 heteroatoms. The highest BCUT2D eigenvalue weighted by Gasteiger charge is 2.35. The van der Waals surface area contributed by atoms with Crippen molar-refractivity contribution in [1.82, 2.24) is 10.2 Å². The Morgan fingerprint density at radius 1 is 1.30 bits per heavy atom. The molecule has 2 aliphatic rings. The van der Waals surface area contributed by atoms with E-state index in [2.05, 4.69) is 41.4 Å². The van der Waals surface area contributed by atoms with E-state index in [1.54, 1.807) is 7.11 Å². The molecule has 1 saturated carbocycles. The Kier molecular flexibility index (Phi) is 4.27. The third-order valence-electron chi connectivity index (χ3n) is 4.70. The largest absolute Gasteiger partial charge is 0.496 e. The van der Waals surface area contributed by atoms with Crippen LogP contribution in [0.1, 0.15) is 44.2 Å². The van der Waals surface area contributed by atoms with Gasteiger partial charge in [-0.1, -0.05) is 18.2 Å². The van der Waals surface area contributed by atoms with E-state index in [9.17, 15) is 0 Å². The van der Waals surface area contributed by atoms with Gasteiger partial charge < -0.3 is 10.1 Å². The lowest BCUT2D eigenvalue weighted by molar-refractivity contribution is 0.179. The first-order valence-electron chi connectivity index (χ1n) is 7.91. The SMILES string of the molecule is COc1ccccc1C(C)N(CC1CCCN1)C1CC1. The van der Waals surface area contributed by atoms with Crippen molar-refractivity contribution in [3.05, 3.63) is 29.8 Å². The van der Waals surface area contributed by atoms with Crippen LogP contribution in [0.15, 0.2) is 24.3 Å². The molecule has 1 N–H and O–H groups in total. The van der Waals surface area contributed by atoms with Gasteiger partial charge in [-0.05, 0) is 45.2 Å². The van der Waals surface area contributed by atoms with Crippen LogP contribution in [0.3, 0.4) is 0 Å². The van der Waals surface area contributed by atoms with Gasteiger partial charge in [0.1, 0.15) is 5.75 Å². The first kappa shape index (κ1) is 13.9. The maximum Gasteiger partial charge on any atom is 0.123 e. The van der Waals surface area contributed by atoms with Gasteiger partial charge in [0.15, 0.2) is 0 Å². The molecule has 1 aliphatic carbocycles. The van der Waals surface area contributed by atoms with E-state index in [1.807, 2.05) is 0 Å². The van der Waals surface area contributed by atoms with Crippen molar-refractivity contribution in [2.45, 2.75) is 50.7 Å². The Morgan fingerprint density at radius 3 is 2.75 bits per heavy atom. The summed E-state index contributed by atoms with van der Waals surface area (Å²) in [6, 6.07) is 10.3. The predicted octanol–water partition coefficient (Wildman–Crippen LogP) is 2.97. The van der Waals surface area contributed by atoms with Crippen LogP contribution in [0, 0.1) is 0 Å². The van der Waals surface area contributed by atoms with Gasteiger partial charge in [0.2, 0.25) is 0 Å². The topological polar surface area (TPSA) is 24.5 Å². The summed E-state index contributed by atoms with van der Waals surface area (Å²) in [5.41, 5.74) is 1.32. The highest BCUT2D eigenvalue weighted by atomic mass is 16.5. The van der Waals surface area contributed by atoms with E-state index in [0.717, 1.165) is 11.8 Å². The fourth-order valence-corrected chi connectivity index (χ4v) is 3.39. The number of benzene rings is 1. The quantitative estimate of drug-likeness (QED) is 0.863. The molecule has 0 amide bonds. The van der Waals surface area contributed by atoms with Gasteiger partial charge in [0.05, 0.1) is 7.11 Å². The van der Waals surface area contributed by atoms with Crippen molar-refractivity contribution in [2.24, 2.45) is 0 Å². The summed E-state index contributed by atoms with van der Waals surface area (Å²) in [6.07, 6.45) is 5.35. The number of nitrogens with zero attached hydrogens (tertiary/aromatic N) is 1. The fourth-order valence-electron chi connectivity index (χ4n) is 3.39. The van der Waals surface area contributed by atoms with E-state index < -0.39 is 0 Å². The first-order valence-corrected chi connectivity index (χ1v) is 7.91. The molecule has 1 saturated heterocycles. The zero-order valence-corrected chi connectivity index (χ0v) is 12.6. The highest BCUT2D eigenvalue weighted by Crippen LogP contribution is 2.37. The van der Waals surface area contributed by atoms with Gasteiger partial charge in [-0.15, -0.1) is 0 Å². The molecule has 0 radical (unpaired) electrons. The molecule has 0 spiro atoms. The Morgan fingerprint density at radius 2 is 2.10 bits per heavy atom. The molecule has 1 aliphatic heterocycles. The zero-order chi connectivity index (χ0) is 13.9. The van der Waals surface area contributed by atoms with Crippen LogP contribution in [0.5, 0.6) is 5.75 Å². The second kappa shape index (κ2) is 6.15. The van der Waals surface area contributed by atoms with E-state index in [1.165, 1.54) is 44.3 Å². The number of hydrogen-bond donors (Lipinski definition) is 1. The zero-order valence-electron chi connectivity index (χ0n) is 12.6. The minimum absolute atomic E-state index is 0.432. The summed E-state index contributed by atoms with van der Waals surface area (Å²) < 4.78 is 5.54. The molecule has 3 nitrogen and oxygen atoms in total. The lowest BCUT2D eigenvalue weighted by Gasteiger charge is -2.32. The molecule has 1 aromatic carbocycles. The Bertz CT molecular complexity index is 438. The van der Waals surface area contributed by atoms with Crippen LogP contribution in [0.25, 0.3) is 0 Å². The van der Waals surface area contributed by atoms with Gasteiger partial charge >= 0.3 is 0 Å². The number of para-hydroxylation sites is 1. The summed E-state index contributed by atoms with van der Waals surface area (Å²) >= 11 is 0. The smallest absolute Gasteiger partial charge is 0.123 e. The molecule has 0 bridgehead atoms. The van der Waals surface area contributed by atoms with Crippen molar-refractivity contribution in [2.75, 3.05) is 20.2 Å². The summed E-state index contributed by atoms with van der Waals surface area (Å²) in [5.74, 6) is 1.02. The van der Waals surface area contributed by atoms with Crippen molar-refractivity contribution in [1.29, 1.82) is 0 Å². The molecule has 0 aromatic heterocycles. The van der Waals surface area contributed by atoms with E-state index in [-0.39, 0.29) is 0 Å². The maximum atomic E-state index is 5.54. The van der Waals surface area contributed by atoms with Crippen LogP contribution >= 0.6 is 0 Å². The molecular formula is C17H26N2O. The average molecular weight is 274 g/mol. The van der Waals surface area contributed by atoms with Crippen LogP contribution < -0.4 is 10.1 Å². The predicted molar refractivity (Wildman–Crippen MR) is 82.2 cm³/mol. The molecule has 110 valence electrons. The number of methoxy groups -OCH3 is 1. The van der Waals surface area contributed by atoms with Crippen LogP contribution in [-0.2, 0) is 0 Å². The number of rotatable bonds is 6. The van der Waals surface area contributed by atoms with Gasteiger partial charge in [-0.3, -0.25) is 4.90 Å². The molecule has 20 heavy (non-hydrogen) atoms. The molecule has 1 heterocycles. The number of nitrogens with one attached hydrogen (secondary N) is 1. The summed E-state index contributed by atoms with van der Waals surface area (Å²) in [6.45, 7) is 4.68. The summed E-state index contributed by atoms with van der Waals surface area (Å²) in [5, 5.41) is 3.63. The minimum Gasteiger partial charge on any atom is -0.496 e. The lowest BCUT2D eigenvalue weighted by Crippen LogP contribution is -2.40. The monoisotopic (exact) mass is 274 g/mol. The summed E-state index contributed by atoms with van der Waals surface area (Å²) in [7, 11) is 1.77. The normalized spacial score (nSPS) is 24.1. The van der Waals surface area contributed by atoms with Crippen LogP contribution in [-0.4, -0.2) is 37.2 Å². The molecule has 2 fully saturated rings. The lowest BCUT2D eigenvalue weighted by atomic mass is 10.0. The molecule has 3 rings (SSSR count). The van der Waals surface area contributed by atoms with Gasteiger partial charge in [-0.2, -0.15) is 0 Å². The molecule has 2 atom stereocenters. The van der Waals surface area contributed by atoms with Crippen LogP contribution in [0.4, 0.5) is 0 Å². The minimum atomic E-state index is 0.432. The first-order chi connectivity index (χ1) is 9.79. The van der Waals surface area contributed by atoms with Crippen LogP contribution in [0.2, 0.25) is 0 Å². The molecular weight excluding hydrogens is 248 g/mol. The van der Waals surface area contributed by atoms with Crippen molar-refractivity contribution in [3.8, 4) is 5.75 Å². The van der Waals surface area contributed by atoms with Gasteiger partial charge in [0.25, 0.3) is 0 Å². The fraction of sp³-hybridized carbons (Fsp3) is 0.647. The van der Waals surface area contributed by atoms with Gasteiger partial charge in [0, 0.05) is 30.2 Å². The number of ether oxygens (including phenoxy) is 1. The van der Waals surface area contributed by atoms with Crippen molar-refractivity contribution >= 4 is 0 Å².